The number of benzene rings is 1. The fourth-order valence-electron chi connectivity index (χ4n) is 3.68. The van der Waals surface area contributed by atoms with E-state index < -0.39 is 0 Å². The van der Waals surface area contributed by atoms with Crippen LogP contribution in [0.2, 0.25) is 5.15 Å². The van der Waals surface area contributed by atoms with E-state index in [1.165, 1.54) is 11.1 Å². The SMILES string of the molecule is Cc1cc(CN2CCN(Cc3cc4ccc(C)c(C)c4nc3Cl)CC2)no1. The fraction of sp³-hybridized carbons (Fsp3) is 0.429. The molecule has 1 aromatic carbocycles. The Morgan fingerprint density at radius 3 is 2.37 bits per heavy atom. The van der Waals surface area contributed by atoms with Gasteiger partial charge < -0.3 is 4.52 Å². The molecule has 1 aliphatic heterocycles. The van der Waals surface area contributed by atoms with Crippen molar-refractivity contribution < 1.29 is 4.52 Å². The number of fused-ring (bicyclic) bond motifs is 1. The van der Waals surface area contributed by atoms with Gasteiger partial charge in [0.15, 0.2) is 0 Å². The van der Waals surface area contributed by atoms with Gasteiger partial charge in [0.1, 0.15) is 10.9 Å². The first-order chi connectivity index (χ1) is 13.0. The van der Waals surface area contributed by atoms with Gasteiger partial charge in [-0.15, -0.1) is 0 Å². The zero-order valence-electron chi connectivity index (χ0n) is 16.1. The Kier molecular flexibility index (Phi) is 5.17. The summed E-state index contributed by atoms with van der Waals surface area (Å²) in [6, 6.07) is 8.50. The van der Waals surface area contributed by atoms with E-state index in [-0.39, 0.29) is 0 Å². The third-order valence-electron chi connectivity index (χ3n) is 5.46. The van der Waals surface area contributed by atoms with Gasteiger partial charge in [-0.3, -0.25) is 9.80 Å². The zero-order chi connectivity index (χ0) is 19.0. The van der Waals surface area contributed by atoms with Crippen LogP contribution in [0.5, 0.6) is 0 Å². The molecule has 27 heavy (non-hydrogen) atoms. The van der Waals surface area contributed by atoms with Crippen molar-refractivity contribution in [3.63, 3.8) is 0 Å². The van der Waals surface area contributed by atoms with Crippen molar-refractivity contribution in [1.29, 1.82) is 0 Å². The van der Waals surface area contributed by atoms with Gasteiger partial charge in [-0.05, 0) is 38.0 Å². The molecule has 0 saturated carbocycles. The molecule has 1 saturated heterocycles. The summed E-state index contributed by atoms with van der Waals surface area (Å²) < 4.78 is 5.16. The number of pyridine rings is 1. The number of hydrogen-bond donors (Lipinski definition) is 0. The van der Waals surface area contributed by atoms with Gasteiger partial charge in [-0.25, -0.2) is 4.98 Å². The number of piperazine rings is 1. The van der Waals surface area contributed by atoms with Crippen molar-refractivity contribution in [3.8, 4) is 0 Å². The second-order valence-corrected chi connectivity index (χ2v) is 7.86. The molecule has 0 bridgehead atoms. The molecule has 1 aliphatic rings. The fourth-order valence-corrected chi connectivity index (χ4v) is 3.88. The van der Waals surface area contributed by atoms with Crippen molar-refractivity contribution in [3.05, 3.63) is 57.6 Å². The molecule has 4 rings (SSSR count). The minimum atomic E-state index is 0.622. The molecule has 142 valence electrons. The molecule has 0 spiro atoms. The maximum absolute atomic E-state index is 6.52. The van der Waals surface area contributed by atoms with Gasteiger partial charge in [0.05, 0.1) is 11.2 Å². The van der Waals surface area contributed by atoms with Crippen molar-refractivity contribution in [2.75, 3.05) is 26.2 Å². The molecule has 0 amide bonds. The summed E-state index contributed by atoms with van der Waals surface area (Å²) in [4.78, 5) is 9.55. The molecule has 1 fully saturated rings. The van der Waals surface area contributed by atoms with Gasteiger partial charge in [-0.2, -0.15) is 0 Å². The highest BCUT2D eigenvalue weighted by atomic mass is 35.5. The van der Waals surface area contributed by atoms with Crippen LogP contribution in [0.25, 0.3) is 10.9 Å². The van der Waals surface area contributed by atoms with Crippen molar-refractivity contribution in [2.45, 2.75) is 33.9 Å². The lowest BCUT2D eigenvalue weighted by molar-refractivity contribution is 0.120. The van der Waals surface area contributed by atoms with Crippen LogP contribution in [-0.2, 0) is 13.1 Å². The Bertz CT molecular complexity index is 960. The number of halogens is 1. The molecule has 3 heterocycles. The number of hydrogen-bond acceptors (Lipinski definition) is 5. The van der Waals surface area contributed by atoms with E-state index in [2.05, 4.69) is 52.0 Å². The van der Waals surface area contributed by atoms with E-state index in [1.54, 1.807) is 0 Å². The summed E-state index contributed by atoms with van der Waals surface area (Å²) in [6.07, 6.45) is 0. The second kappa shape index (κ2) is 7.58. The predicted molar refractivity (Wildman–Crippen MR) is 108 cm³/mol. The van der Waals surface area contributed by atoms with Gasteiger partial charge >= 0.3 is 0 Å². The van der Waals surface area contributed by atoms with E-state index in [9.17, 15) is 0 Å². The van der Waals surface area contributed by atoms with E-state index in [4.69, 9.17) is 16.1 Å². The number of rotatable bonds is 4. The topological polar surface area (TPSA) is 45.4 Å². The summed E-state index contributed by atoms with van der Waals surface area (Å²) in [5, 5.41) is 5.88. The third-order valence-corrected chi connectivity index (χ3v) is 5.79. The molecule has 0 atom stereocenters. The standard InChI is InChI=1S/C21H25ClN4O/c1-14-4-5-17-11-18(21(22)23-20(17)16(14)3)12-25-6-8-26(9-7-25)13-19-10-15(2)27-24-19/h4-5,10-11H,6-9,12-13H2,1-3H3. The first kappa shape index (κ1) is 18.4. The molecule has 3 aromatic rings. The number of aromatic nitrogens is 2. The number of nitrogens with zero attached hydrogens (tertiary/aromatic N) is 4. The van der Waals surface area contributed by atoms with Crippen LogP contribution in [0.15, 0.2) is 28.8 Å². The molecule has 0 radical (unpaired) electrons. The van der Waals surface area contributed by atoms with Crippen LogP contribution in [0.3, 0.4) is 0 Å². The highest BCUT2D eigenvalue weighted by molar-refractivity contribution is 6.30. The first-order valence-electron chi connectivity index (χ1n) is 9.42. The zero-order valence-corrected chi connectivity index (χ0v) is 16.9. The molecule has 0 unspecified atom stereocenters. The molecule has 0 aliphatic carbocycles. The molecular formula is C21H25ClN4O. The normalized spacial score (nSPS) is 16.3. The van der Waals surface area contributed by atoms with E-state index in [0.717, 1.165) is 67.2 Å². The average molecular weight is 385 g/mol. The summed E-state index contributed by atoms with van der Waals surface area (Å²) in [7, 11) is 0. The van der Waals surface area contributed by atoms with Crippen molar-refractivity contribution in [1.82, 2.24) is 19.9 Å². The minimum absolute atomic E-state index is 0.622. The second-order valence-electron chi connectivity index (χ2n) is 7.50. The van der Waals surface area contributed by atoms with E-state index >= 15 is 0 Å². The van der Waals surface area contributed by atoms with Crippen LogP contribution >= 0.6 is 11.6 Å². The van der Waals surface area contributed by atoms with Crippen LogP contribution in [-0.4, -0.2) is 46.1 Å². The lowest BCUT2D eigenvalue weighted by Gasteiger charge is -2.34. The van der Waals surface area contributed by atoms with Crippen LogP contribution in [0, 0.1) is 20.8 Å². The monoisotopic (exact) mass is 384 g/mol. The summed E-state index contributed by atoms with van der Waals surface area (Å²) >= 11 is 6.52. The quantitative estimate of drug-likeness (QED) is 0.633. The average Bonchev–Trinajstić information content (AvgIpc) is 3.06. The Hall–Kier alpha value is -1.95. The molecule has 5 nitrogen and oxygen atoms in total. The van der Waals surface area contributed by atoms with Gasteiger partial charge in [0.2, 0.25) is 0 Å². The van der Waals surface area contributed by atoms with Crippen LogP contribution < -0.4 is 0 Å². The van der Waals surface area contributed by atoms with Crippen LogP contribution in [0.4, 0.5) is 0 Å². The molecular weight excluding hydrogens is 360 g/mol. The highest BCUT2D eigenvalue weighted by Crippen LogP contribution is 2.26. The van der Waals surface area contributed by atoms with Gasteiger partial charge in [-0.1, -0.05) is 28.9 Å². The lowest BCUT2D eigenvalue weighted by Crippen LogP contribution is -2.45. The number of aryl methyl sites for hydroxylation is 3. The summed E-state index contributed by atoms with van der Waals surface area (Å²) in [5.74, 6) is 0.868. The summed E-state index contributed by atoms with van der Waals surface area (Å²) in [5.41, 5.74) is 5.58. The van der Waals surface area contributed by atoms with Crippen LogP contribution in [0.1, 0.15) is 28.1 Å². The van der Waals surface area contributed by atoms with Gasteiger partial charge in [0.25, 0.3) is 0 Å². The van der Waals surface area contributed by atoms with Gasteiger partial charge in [0, 0.05) is 56.3 Å². The third kappa shape index (κ3) is 4.00. The Morgan fingerprint density at radius 2 is 1.70 bits per heavy atom. The van der Waals surface area contributed by atoms with E-state index in [0.29, 0.717) is 5.15 Å². The Balaban J connectivity index is 1.41. The molecule has 2 aromatic heterocycles. The highest BCUT2D eigenvalue weighted by Gasteiger charge is 2.19. The van der Waals surface area contributed by atoms with Crippen molar-refractivity contribution >= 4 is 22.5 Å². The largest absolute Gasteiger partial charge is 0.361 e. The molecule has 6 heteroatoms. The van der Waals surface area contributed by atoms with E-state index in [1.807, 2.05) is 13.0 Å². The molecule has 0 N–H and O–H groups in total. The Labute approximate surface area is 164 Å². The van der Waals surface area contributed by atoms with Crippen molar-refractivity contribution in [2.24, 2.45) is 0 Å². The minimum Gasteiger partial charge on any atom is -0.361 e. The lowest BCUT2D eigenvalue weighted by atomic mass is 10.0. The Morgan fingerprint density at radius 1 is 1.00 bits per heavy atom. The maximum atomic E-state index is 6.52. The smallest absolute Gasteiger partial charge is 0.134 e. The maximum Gasteiger partial charge on any atom is 0.134 e. The predicted octanol–water partition coefficient (Wildman–Crippen LogP) is 4.12. The summed E-state index contributed by atoms with van der Waals surface area (Å²) in [6.45, 7) is 11.9. The first-order valence-corrected chi connectivity index (χ1v) is 9.79.